The van der Waals surface area contributed by atoms with E-state index in [2.05, 4.69) is 23.2 Å². The molecular formula is C4H10AlCl. The Kier molecular flexibility index (Phi) is 15.4. The van der Waals surface area contributed by atoms with Crippen LogP contribution in [0.1, 0.15) is 19.8 Å². The van der Waals surface area contributed by atoms with Crippen LogP contribution in [0.25, 0.3) is 0 Å². The molecule has 0 aliphatic carbocycles. The Morgan fingerprint density at radius 3 is 2.00 bits per heavy atom. The minimum Gasteiger partial charge on any atom is -0.147 e. The Morgan fingerprint density at radius 1 is 1.50 bits per heavy atom. The lowest BCUT2D eigenvalue weighted by atomic mass is 10.4. The standard InChI is InChI=1S/C4H9.Al.ClH/c1-3-4-2;;/h1,3-4H2,2H3;;1H. The van der Waals surface area contributed by atoms with Crippen molar-refractivity contribution in [2.45, 2.75) is 25.0 Å². The maximum absolute atomic E-state index is 2.70. The predicted molar refractivity (Wildman–Crippen MR) is 32.7 cm³/mol. The Labute approximate surface area is 54.1 Å². The highest BCUT2D eigenvalue weighted by atomic mass is 35.5. The van der Waals surface area contributed by atoms with E-state index >= 15 is 0 Å². The van der Waals surface area contributed by atoms with Crippen molar-refractivity contribution in [2.75, 3.05) is 0 Å². The summed E-state index contributed by atoms with van der Waals surface area (Å²) in [6.45, 7) is 2.20. The molecule has 2 heteroatoms. The van der Waals surface area contributed by atoms with E-state index in [1.165, 1.54) is 18.1 Å². The summed E-state index contributed by atoms with van der Waals surface area (Å²) in [6.07, 6.45) is 2.67. The van der Waals surface area contributed by atoms with Crippen LogP contribution >= 0.6 is 12.4 Å². The molecule has 0 spiro atoms. The second kappa shape index (κ2) is 9.27. The monoisotopic (exact) mass is 120 g/mol. The van der Waals surface area contributed by atoms with E-state index in [1.54, 1.807) is 0 Å². The fraction of sp³-hybridized carbons (Fsp3) is 1.00. The molecule has 2 radical (unpaired) electrons. The first-order chi connectivity index (χ1) is 2.41. The van der Waals surface area contributed by atoms with E-state index in [0.29, 0.717) is 0 Å². The highest BCUT2D eigenvalue weighted by molar-refractivity contribution is 6.08. The first kappa shape index (κ1) is 9.95. The number of unbranched alkanes of at least 4 members (excludes halogenated alkanes) is 1. The fourth-order valence-corrected chi connectivity index (χ4v) is 0.612. The van der Waals surface area contributed by atoms with Crippen LogP contribution in [0.3, 0.4) is 0 Å². The average molecular weight is 121 g/mol. The van der Waals surface area contributed by atoms with Crippen molar-refractivity contribution in [3.63, 3.8) is 0 Å². The molecule has 0 nitrogen and oxygen atoms in total. The van der Waals surface area contributed by atoms with Crippen molar-refractivity contribution in [2.24, 2.45) is 0 Å². The van der Waals surface area contributed by atoms with Gasteiger partial charge in [-0.25, -0.2) is 0 Å². The van der Waals surface area contributed by atoms with Gasteiger partial charge in [-0.15, -0.1) is 17.7 Å². The van der Waals surface area contributed by atoms with Gasteiger partial charge in [0, 0.05) is 0 Å². The van der Waals surface area contributed by atoms with E-state index in [0.717, 1.165) is 0 Å². The second-order valence-corrected chi connectivity index (χ2v) is 1.72. The lowest BCUT2D eigenvalue weighted by molar-refractivity contribution is 0.884. The molecule has 0 saturated carbocycles. The summed E-state index contributed by atoms with van der Waals surface area (Å²) >= 11 is 2.70. The van der Waals surface area contributed by atoms with Crippen LogP contribution in [0.5, 0.6) is 0 Å². The van der Waals surface area contributed by atoms with E-state index in [1.807, 2.05) is 0 Å². The second-order valence-electron chi connectivity index (χ2n) is 1.14. The minimum atomic E-state index is 0. The summed E-state index contributed by atoms with van der Waals surface area (Å²) in [5.41, 5.74) is 0. The quantitative estimate of drug-likeness (QED) is 0.488. The van der Waals surface area contributed by atoms with Crippen LogP contribution in [0, 0.1) is 0 Å². The van der Waals surface area contributed by atoms with Gasteiger partial charge in [0.05, 0.1) is 0 Å². The van der Waals surface area contributed by atoms with Crippen LogP contribution in [0.4, 0.5) is 0 Å². The van der Waals surface area contributed by atoms with Gasteiger partial charge in [0.2, 0.25) is 0 Å². The summed E-state index contributed by atoms with van der Waals surface area (Å²) in [5, 5.41) is 1.26. The van der Waals surface area contributed by atoms with Crippen molar-refractivity contribution >= 4 is 28.7 Å². The molecule has 0 amide bonds. The fourth-order valence-electron chi connectivity index (χ4n) is 0.204. The Balaban J connectivity index is 0. The Hall–Kier alpha value is 0.822. The molecule has 0 aliphatic rings. The molecule has 0 aromatic heterocycles. The van der Waals surface area contributed by atoms with Gasteiger partial charge < -0.3 is 0 Å². The number of halogens is 1. The third-order valence-electron chi connectivity index (χ3n) is 0.558. The topological polar surface area (TPSA) is 0 Å². The number of hydrogen-bond acceptors (Lipinski definition) is 0. The Morgan fingerprint density at radius 2 is 2.00 bits per heavy atom. The van der Waals surface area contributed by atoms with Gasteiger partial charge in [0.15, 0.2) is 0 Å². The molecule has 0 heterocycles. The third-order valence-corrected chi connectivity index (χ3v) is 0.966. The van der Waals surface area contributed by atoms with Gasteiger partial charge in [-0.2, -0.15) is 0 Å². The van der Waals surface area contributed by atoms with Gasteiger partial charge in [0.25, 0.3) is 0 Å². The minimum absolute atomic E-state index is 0. The summed E-state index contributed by atoms with van der Waals surface area (Å²) in [4.78, 5) is 0. The van der Waals surface area contributed by atoms with Gasteiger partial charge in [0.1, 0.15) is 16.3 Å². The first-order valence-corrected chi connectivity index (χ1v) is 2.93. The van der Waals surface area contributed by atoms with E-state index in [-0.39, 0.29) is 12.4 Å². The smallest absolute Gasteiger partial charge is 0.118 e. The molecule has 0 saturated heterocycles. The molecule has 0 rings (SSSR count). The molecule has 36 valence electrons. The van der Waals surface area contributed by atoms with Crippen LogP contribution in [-0.4, -0.2) is 16.3 Å². The van der Waals surface area contributed by atoms with Crippen molar-refractivity contribution in [3.8, 4) is 0 Å². The lowest BCUT2D eigenvalue weighted by Gasteiger charge is -1.79. The molecule has 0 aromatic rings. The van der Waals surface area contributed by atoms with E-state index in [4.69, 9.17) is 0 Å². The van der Waals surface area contributed by atoms with Crippen molar-refractivity contribution in [3.05, 3.63) is 0 Å². The molecule has 0 fully saturated rings. The first-order valence-electron chi connectivity index (χ1n) is 2.12. The van der Waals surface area contributed by atoms with Gasteiger partial charge >= 0.3 is 0 Å². The van der Waals surface area contributed by atoms with Crippen LogP contribution in [0.15, 0.2) is 0 Å². The van der Waals surface area contributed by atoms with E-state index in [9.17, 15) is 0 Å². The largest absolute Gasteiger partial charge is 0.147 e. The zero-order valence-corrected chi connectivity index (χ0v) is 6.08. The summed E-state index contributed by atoms with van der Waals surface area (Å²) < 4.78 is 0. The molecule has 0 aromatic carbocycles. The number of rotatable bonds is 2. The SMILES string of the molecule is CCC[CH2][Al].Cl. The normalized spacial score (nSPS) is 6.83. The van der Waals surface area contributed by atoms with Crippen LogP contribution in [-0.2, 0) is 0 Å². The van der Waals surface area contributed by atoms with Crippen molar-refractivity contribution in [1.29, 1.82) is 0 Å². The summed E-state index contributed by atoms with van der Waals surface area (Å²) in [7, 11) is 0. The lowest BCUT2D eigenvalue weighted by Crippen LogP contribution is -1.63. The van der Waals surface area contributed by atoms with Crippen molar-refractivity contribution < 1.29 is 0 Å². The zero-order chi connectivity index (χ0) is 4.12. The highest BCUT2D eigenvalue weighted by Crippen LogP contribution is 1.86. The summed E-state index contributed by atoms with van der Waals surface area (Å²) in [5.74, 6) is 0. The maximum atomic E-state index is 2.70. The molecule has 0 atom stereocenters. The van der Waals surface area contributed by atoms with Gasteiger partial charge in [-0.1, -0.05) is 19.8 Å². The average Bonchev–Trinajstić information content (AvgIpc) is 1.41. The van der Waals surface area contributed by atoms with Crippen molar-refractivity contribution in [1.82, 2.24) is 0 Å². The van der Waals surface area contributed by atoms with E-state index < -0.39 is 0 Å². The highest BCUT2D eigenvalue weighted by Gasteiger charge is 1.67. The van der Waals surface area contributed by atoms with Gasteiger partial charge in [-0.3, -0.25) is 0 Å². The molecular weight excluding hydrogens is 110 g/mol. The predicted octanol–water partition coefficient (Wildman–Crippen LogP) is 1.80. The third kappa shape index (κ3) is 8.85. The van der Waals surface area contributed by atoms with Crippen LogP contribution < -0.4 is 0 Å². The molecule has 0 aliphatic heterocycles. The van der Waals surface area contributed by atoms with Gasteiger partial charge in [-0.05, 0) is 0 Å². The summed E-state index contributed by atoms with van der Waals surface area (Å²) in [6, 6.07) is 0. The maximum Gasteiger partial charge on any atom is 0.118 e. The molecule has 0 N–H and O–H groups in total. The zero-order valence-electron chi connectivity index (χ0n) is 4.11. The molecule has 0 bridgehead atoms. The molecule has 0 unspecified atom stereocenters. The van der Waals surface area contributed by atoms with Crippen LogP contribution in [0.2, 0.25) is 5.28 Å². The molecule has 6 heavy (non-hydrogen) atoms. The number of hydrogen-bond donors (Lipinski definition) is 0. The Bertz CT molecular complexity index is 15.0.